The number of aryl methyl sites for hydroxylation is 1. The first-order valence-corrected chi connectivity index (χ1v) is 12.5. The third kappa shape index (κ3) is 5.97. The molecule has 1 fully saturated rings. The first-order chi connectivity index (χ1) is 18.2. The summed E-state index contributed by atoms with van der Waals surface area (Å²) in [6.45, 7) is 0.816. The van der Waals surface area contributed by atoms with E-state index in [4.69, 9.17) is 11.5 Å². The average molecular weight is 517 g/mol. The van der Waals surface area contributed by atoms with Crippen LogP contribution in [-0.4, -0.2) is 62.8 Å². The number of carbonyl (C=O) groups is 2. The van der Waals surface area contributed by atoms with Crippen LogP contribution in [0.3, 0.4) is 0 Å². The minimum Gasteiger partial charge on any atom is -0.392 e. The molecule has 38 heavy (non-hydrogen) atoms. The maximum Gasteiger partial charge on any atom is 0.277 e. The van der Waals surface area contributed by atoms with Crippen LogP contribution in [0.4, 0.5) is 5.69 Å². The van der Waals surface area contributed by atoms with E-state index in [2.05, 4.69) is 9.98 Å². The fraction of sp³-hybridized carbons (Fsp3) is 0.321. The second-order valence-corrected chi connectivity index (χ2v) is 9.55. The van der Waals surface area contributed by atoms with Gasteiger partial charge in [-0.25, -0.2) is 4.98 Å². The van der Waals surface area contributed by atoms with Gasteiger partial charge < -0.3 is 21.5 Å². The van der Waals surface area contributed by atoms with Crippen LogP contribution in [0.25, 0.3) is 0 Å². The molecule has 0 bridgehead atoms. The molecule has 0 radical (unpaired) electrons. The van der Waals surface area contributed by atoms with Gasteiger partial charge in [-0.15, -0.1) is 0 Å². The van der Waals surface area contributed by atoms with Gasteiger partial charge in [-0.2, -0.15) is 0 Å². The van der Waals surface area contributed by atoms with Gasteiger partial charge in [0.2, 0.25) is 11.8 Å². The number of piperidine rings is 1. The number of benzene rings is 2. The van der Waals surface area contributed by atoms with Crippen molar-refractivity contribution in [2.45, 2.75) is 37.8 Å². The zero-order valence-corrected chi connectivity index (χ0v) is 21.3. The molecule has 198 valence electrons. The monoisotopic (exact) mass is 516 g/mol. The Hall–Kier alpha value is -4.31. The summed E-state index contributed by atoms with van der Waals surface area (Å²) in [5, 5.41) is 11.2. The van der Waals surface area contributed by atoms with Crippen molar-refractivity contribution in [3.63, 3.8) is 0 Å². The second kappa shape index (κ2) is 11.4. The number of likely N-dealkylation sites (tertiary alicyclic amines) is 1. The van der Waals surface area contributed by atoms with Gasteiger partial charge >= 0.3 is 0 Å². The first kappa shape index (κ1) is 26.7. The summed E-state index contributed by atoms with van der Waals surface area (Å²) < 4.78 is 1.29. The van der Waals surface area contributed by atoms with Crippen molar-refractivity contribution in [3.05, 3.63) is 93.7 Å². The predicted octanol–water partition coefficient (Wildman–Crippen LogP) is 1.38. The van der Waals surface area contributed by atoms with Gasteiger partial charge in [0, 0.05) is 37.7 Å². The van der Waals surface area contributed by atoms with Crippen LogP contribution < -0.4 is 17.0 Å². The Bertz CT molecular complexity index is 1410. The van der Waals surface area contributed by atoms with Gasteiger partial charge in [-0.3, -0.25) is 23.9 Å². The highest BCUT2D eigenvalue weighted by molar-refractivity contribution is 6.15. The van der Waals surface area contributed by atoms with Crippen molar-refractivity contribution >= 4 is 23.2 Å². The molecular formula is C28H32N6O4. The fourth-order valence-electron chi connectivity index (χ4n) is 4.70. The molecule has 10 nitrogen and oxygen atoms in total. The van der Waals surface area contributed by atoms with Crippen LogP contribution >= 0.6 is 0 Å². The Morgan fingerprint density at radius 1 is 1.08 bits per heavy atom. The van der Waals surface area contributed by atoms with Crippen LogP contribution in [0.1, 0.15) is 46.4 Å². The molecule has 2 amide bonds. The number of nitrogens with two attached hydrogens (primary N) is 2. The van der Waals surface area contributed by atoms with E-state index in [-0.39, 0.29) is 23.8 Å². The summed E-state index contributed by atoms with van der Waals surface area (Å²) in [6.07, 6.45) is 3.09. The molecule has 0 spiro atoms. The summed E-state index contributed by atoms with van der Waals surface area (Å²) in [4.78, 5) is 47.7. The van der Waals surface area contributed by atoms with Crippen molar-refractivity contribution in [1.82, 2.24) is 14.5 Å². The zero-order valence-electron chi connectivity index (χ0n) is 21.3. The number of aliphatic imine (C=N–C) groups is 1. The van der Waals surface area contributed by atoms with Crippen LogP contribution in [0.15, 0.2) is 70.7 Å². The van der Waals surface area contributed by atoms with E-state index in [0.29, 0.717) is 55.6 Å². The van der Waals surface area contributed by atoms with Gasteiger partial charge in [-0.1, -0.05) is 42.5 Å². The third-order valence-corrected chi connectivity index (χ3v) is 6.92. The van der Waals surface area contributed by atoms with E-state index in [1.165, 1.54) is 17.9 Å². The van der Waals surface area contributed by atoms with Crippen LogP contribution in [0.5, 0.6) is 0 Å². The Morgan fingerprint density at radius 3 is 2.42 bits per heavy atom. The predicted molar refractivity (Wildman–Crippen MR) is 145 cm³/mol. The van der Waals surface area contributed by atoms with Crippen molar-refractivity contribution < 1.29 is 14.7 Å². The Morgan fingerprint density at radius 2 is 1.76 bits per heavy atom. The lowest BCUT2D eigenvalue weighted by atomic mass is 9.91. The molecule has 0 saturated carbocycles. The number of anilines is 1. The number of amides is 2. The standard InChI is InChI=1S/C28H32N6O4/c1-31-24(20-8-5-9-21(16-20)26(30)36)25-23(29)27(37)34(18-32-25)17-28(38)12-14-33(15-13-28)22(35)11-10-19-6-3-2-4-7-19/h2-9,16,18,38H,10-15,17,29H2,1H3,(H2,30,36). The topological polar surface area (TPSA) is 157 Å². The van der Waals surface area contributed by atoms with Crippen molar-refractivity contribution in [2.75, 3.05) is 25.9 Å². The highest BCUT2D eigenvalue weighted by Gasteiger charge is 2.35. The average Bonchev–Trinajstić information content (AvgIpc) is 2.92. The van der Waals surface area contributed by atoms with Crippen LogP contribution in [0.2, 0.25) is 0 Å². The molecule has 0 atom stereocenters. The van der Waals surface area contributed by atoms with Crippen LogP contribution in [0, 0.1) is 0 Å². The highest BCUT2D eigenvalue weighted by atomic mass is 16.3. The van der Waals surface area contributed by atoms with E-state index in [1.807, 2.05) is 30.3 Å². The summed E-state index contributed by atoms with van der Waals surface area (Å²) in [5.74, 6) is -0.536. The second-order valence-electron chi connectivity index (χ2n) is 9.55. The smallest absolute Gasteiger partial charge is 0.277 e. The molecular weight excluding hydrogens is 484 g/mol. The highest BCUT2D eigenvalue weighted by Crippen LogP contribution is 2.25. The van der Waals surface area contributed by atoms with Gasteiger partial charge in [-0.05, 0) is 37.0 Å². The summed E-state index contributed by atoms with van der Waals surface area (Å²) in [6, 6.07) is 16.4. The Kier molecular flexibility index (Phi) is 8.02. The number of nitrogens with zero attached hydrogens (tertiary/aromatic N) is 4. The number of aromatic nitrogens is 2. The largest absolute Gasteiger partial charge is 0.392 e. The number of nitrogen functional groups attached to an aromatic ring is 1. The van der Waals surface area contributed by atoms with E-state index >= 15 is 0 Å². The van der Waals surface area contributed by atoms with Crippen molar-refractivity contribution in [2.24, 2.45) is 10.7 Å². The van der Waals surface area contributed by atoms with Gasteiger partial charge in [0.15, 0.2) is 0 Å². The van der Waals surface area contributed by atoms with E-state index < -0.39 is 17.1 Å². The van der Waals surface area contributed by atoms with Gasteiger partial charge in [0.25, 0.3) is 5.56 Å². The van der Waals surface area contributed by atoms with E-state index in [1.54, 1.807) is 29.2 Å². The molecule has 2 heterocycles. The molecule has 1 aliphatic heterocycles. The number of rotatable bonds is 8. The summed E-state index contributed by atoms with van der Waals surface area (Å²) in [7, 11) is 1.54. The van der Waals surface area contributed by atoms with E-state index in [0.717, 1.165) is 5.56 Å². The van der Waals surface area contributed by atoms with Gasteiger partial charge in [0.1, 0.15) is 11.4 Å². The molecule has 1 aliphatic rings. The van der Waals surface area contributed by atoms with Crippen molar-refractivity contribution in [1.29, 1.82) is 0 Å². The normalized spacial score (nSPS) is 15.3. The number of carbonyl (C=O) groups excluding carboxylic acids is 2. The lowest BCUT2D eigenvalue weighted by Crippen LogP contribution is -2.50. The Balaban J connectivity index is 1.43. The molecule has 4 rings (SSSR count). The Labute approximate surface area is 220 Å². The maximum absolute atomic E-state index is 13.1. The minimum atomic E-state index is -1.17. The molecule has 5 N–H and O–H groups in total. The third-order valence-electron chi connectivity index (χ3n) is 6.92. The summed E-state index contributed by atoms with van der Waals surface area (Å²) >= 11 is 0. The molecule has 1 aromatic heterocycles. The molecule has 2 aromatic carbocycles. The molecule has 1 saturated heterocycles. The van der Waals surface area contributed by atoms with Crippen LogP contribution in [-0.2, 0) is 17.8 Å². The molecule has 3 aromatic rings. The van der Waals surface area contributed by atoms with E-state index in [9.17, 15) is 19.5 Å². The fourth-order valence-corrected chi connectivity index (χ4v) is 4.70. The lowest BCUT2D eigenvalue weighted by molar-refractivity contribution is -0.135. The lowest BCUT2D eigenvalue weighted by Gasteiger charge is -2.38. The number of primary amides is 1. The van der Waals surface area contributed by atoms with Gasteiger partial charge in [0.05, 0.1) is 24.2 Å². The van der Waals surface area contributed by atoms with Crippen molar-refractivity contribution in [3.8, 4) is 0 Å². The number of aliphatic hydroxyl groups is 1. The quantitative estimate of drug-likeness (QED) is 0.384. The first-order valence-electron chi connectivity index (χ1n) is 12.5. The molecule has 0 unspecified atom stereocenters. The molecule has 10 heteroatoms. The maximum atomic E-state index is 13.1. The zero-order chi connectivity index (χ0) is 27.3. The summed E-state index contributed by atoms with van der Waals surface area (Å²) in [5.41, 5.74) is 12.2. The molecule has 0 aliphatic carbocycles. The number of hydrogen-bond donors (Lipinski definition) is 3. The minimum absolute atomic E-state index is 0.00508. The SMILES string of the molecule is CN=C(c1cccc(C(N)=O)c1)c1ncn(CC2(O)CCN(C(=O)CCc3ccccc3)CC2)c(=O)c1N. The number of hydrogen-bond acceptors (Lipinski definition) is 7.